The quantitative estimate of drug-likeness (QED) is 0.245. The smallest absolute Gasteiger partial charge is 0.151 e. The predicted molar refractivity (Wildman–Crippen MR) is 153 cm³/mol. The molecule has 5 aromatic rings. The molecule has 0 radical (unpaired) electrons. The van der Waals surface area contributed by atoms with Crippen molar-refractivity contribution in [2.45, 2.75) is 20.8 Å². The highest BCUT2D eigenvalue weighted by Gasteiger charge is 2.24. The average molecular weight is 489 g/mol. The van der Waals surface area contributed by atoms with Crippen molar-refractivity contribution < 1.29 is 9.63 Å². The molecule has 0 fully saturated rings. The number of benzene rings is 5. The van der Waals surface area contributed by atoms with E-state index in [4.69, 9.17) is 4.52 Å². The van der Waals surface area contributed by atoms with Gasteiger partial charge in [0.2, 0.25) is 0 Å². The number of phenolic OH excluding ortho intramolecular Hbond substituents is 1. The molecule has 1 atom stereocenters. The van der Waals surface area contributed by atoms with E-state index in [1.54, 1.807) is 0 Å². The lowest BCUT2D eigenvalue weighted by molar-refractivity contribution is 0.476. The van der Waals surface area contributed by atoms with Crippen LogP contribution >= 0.6 is 8.15 Å². The van der Waals surface area contributed by atoms with Gasteiger partial charge in [-0.3, -0.25) is 0 Å². The van der Waals surface area contributed by atoms with Gasteiger partial charge in [0.1, 0.15) is 11.5 Å². The van der Waals surface area contributed by atoms with E-state index >= 15 is 0 Å². The Bertz CT molecular complexity index is 1460. The first-order valence-electron chi connectivity index (χ1n) is 12.1. The van der Waals surface area contributed by atoms with Gasteiger partial charge in [0, 0.05) is 21.7 Å². The molecule has 3 heteroatoms. The second kappa shape index (κ2) is 10.4. The van der Waals surface area contributed by atoms with E-state index in [1.165, 1.54) is 22.0 Å². The zero-order chi connectivity index (χ0) is 25.1. The maximum absolute atomic E-state index is 11.1. The summed E-state index contributed by atoms with van der Waals surface area (Å²) in [4.78, 5) is 0. The highest BCUT2D eigenvalue weighted by molar-refractivity contribution is 7.69. The molecule has 1 unspecified atom stereocenters. The summed E-state index contributed by atoms with van der Waals surface area (Å²) in [6.45, 7) is 6.47. The molecule has 2 nitrogen and oxygen atoms in total. The lowest BCUT2D eigenvalue weighted by Gasteiger charge is -2.25. The normalized spacial score (nSPS) is 11.8. The van der Waals surface area contributed by atoms with Crippen LogP contribution in [0.15, 0.2) is 115 Å². The molecule has 36 heavy (non-hydrogen) atoms. The fourth-order valence-corrected chi connectivity index (χ4v) is 6.73. The van der Waals surface area contributed by atoms with E-state index in [2.05, 4.69) is 69.3 Å². The van der Waals surface area contributed by atoms with Crippen molar-refractivity contribution in [1.82, 2.24) is 0 Å². The van der Waals surface area contributed by atoms with Crippen LogP contribution in [0, 0.1) is 20.8 Å². The molecule has 5 aromatic carbocycles. The van der Waals surface area contributed by atoms with Gasteiger partial charge in [0.15, 0.2) is 8.15 Å². The number of phenols is 1. The summed E-state index contributed by atoms with van der Waals surface area (Å²) in [6.07, 6.45) is 0. The standard InChI is InChI=1S/C33H29O2P/c1-23-19-24(2)33(25(3)20-23)36(28-17-11-6-12-18-28)35-32-22-29(26-13-7-4-8-14-26)31(34)21-30(32)27-15-9-5-10-16-27/h4-22,34H,1-3H3. The van der Waals surface area contributed by atoms with E-state index in [1.807, 2.05) is 66.7 Å². The second-order valence-corrected chi connectivity index (χ2v) is 10.8. The number of hydrogen-bond donors (Lipinski definition) is 1. The van der Waals surface area contributed by atoms with Crippen LogP contribution in [0.3, 0.4) is 0 Å². The number of aryl methyl sites for hydroxylation is 3. The molecule has 0 heterocycles. The highest BCUT2D eigenvalue weighted by Crippen LogP contribution is 2.46. The molecule has 0 aromatic heterocycles. The van der Waals surface area contributed by atoms with Gasteiger partial charge < -0.3 is 9.63 Å². The molecule has 0 bridgehead atoms. The summed E-state index contributed by atoms with van der Waals surface area (Å²) in [7, 11) is -1.16. The molecular weight excluding hydrogens is 459 g/mol. The summed E-state index contributed by atoms with van der Waals surface area (Å²) in [5, 5.41) is 13.4. The Labute approximate surface area is 214 Å². The maximum Gasteiger partial charge on any atom is 0.151 e. The van der Waals surface area contributed by atoms with Crippen LogP contribution in [0.5, 0.6) is 11.5 Å². The van der Waals surface area contributed by atoms with Crippen LogP contribution in [0.25, 0.3) is 22.3 Å². The van der Waals surface area contributed by atoms with Crippen LogP contribution in [0.2, 0.25) is 0 Å². The third-order valence-corrected chi connectivity index (χ3v) is 8.54. The van der Waals surface area contributed by atoms with E-state index < -0.39 is 8.15 Å². The van der Waals surface area contributed by atoms with E-state index in [9.17, 15) is 5.11 Å². The molecule has 0 aliphatic heterocycles. The van der Waals surface area contributed by atoms with E-state index in [0.29, 0.717) is 0 Å². The number of hydrogen-bond acceptors (Lipinski definition) is 2. The Morgan fingerprint density at radius 1 is 0.583 bits per heavy atom. The minimum absolute atomic E-state index is 0.235. The average Bonchev–Trinajstić information content (AvgIpc) is 2.89. The third kappa shape index (κ3) is 4.91. The molecule has 0 aliphatic carbocycles. The molecule has 0 spiro atoms. The summed E-state index contributed by atoms with van der Waals surface area (Å²) in [5.74, 6) is 0.992. The van der Waals surface area contributed by atoms with Gasteiger partial charge in [-0.15, -0.1) is 0 Å². The Kier molecular flexibility index (Phi) is 6.89. The summed E-state index contributed by atoms with van der Waals surface area (Å²) in [5.41, 5.74) is 7.28. The Balaban J connectivity index is 1.72. The minimum Gasteiger partial charge on any atom is -0.507 e. The first-order chi connectivity index (χ1) is 17.5. The first kappa shape index (κ1) is 23.9. The lowest BCUT2D eigenvalue weighted by Crippen LogP contribution is -2.21. The van der Waals surface area contributed by atoms with Crippen LogP contribution < -0.4 is 15.1 Å². The van der Waals surface area contributed by atoms with Crippen molar-refractivity contribution >= 4 is 18.8 Å². The molecule has 0 amide bonds. The molecular formula is C33H29O2P. The Morgan fingerprint density at radius 2 is 1.08 bits per heavy atom. The largest absolute Gasteiger partial charge is 0.507 e. The van der Waals surface area contributed by atoms with Crippen LogP contribution in [0.4, 0.5) is 0 Å². The van der Waals surface area contributed by atoms with Crippen molar-refractivity contribution in [1.29, 1.82) is 0 Å². The van der Waals surface area contributed by atoms with Crippen LogP contribution in [0.1, 0.15) is 16.7 Å². The Morgan fingerprint density at radius 3 is 1.64 bits per heavy atom. The Hall–Kier alpha value is -3.87. The zero-order valence-corrected chi connectivity index (χ0v) is 21.7. The van der Waals surface area contributed by atoms with Gasteiger partial charge in [-0.2, -0.15) is 0 Å². The monoisotopic (exact) mass is 488 g/mol. The van der Waals surface area contributed by atoms with Gasteiger partial charge >= 0.3 is 0 Å². The van der Waals surface area contributed by atoms with Crippen molar-refractivity contribution in [2.24, 2.45) is 0 Å². The SMILES string of the molecule is Cc1cc(C)c(P(Oc2cc(-c3ccccc3)c(O)cc2-c2ccccc2)c2ccccc2)c(C)c1. The summed E-state index contributed by atoms with van der Waals surface area (Å²) < 4.78 is 7.04. The fourth-order valence-electron chi connectivity index (χ4n) is 4.72. The van der Waals surface area contributed by atoms with E-state index in [0.717, 1.165) is 33.3 Å². The van der Waals surface area contributed by atoms with Gasteiger partial charge in [-0.05, 0) is 55.2 Å². The molecule has 0 aliphatic rings. The number of rotatable bonds is 6. The number of aromatic hydroxyl groups is 1. The van der Waals surface area contributed by atoms with Crippen LogP contribution in [-0.2, 0) is 0 Å². The zero-order valence-electron chi connectivity index (χ0n) is 20.8. The summed E-state index contributed by atoms with van der Waals surface area (Å²) >= 11 is 0. The third-order valence-electron chi connectivity index (χ3n) is 6.29. The fraction of sp³-hybridized carbons (Fsp3) is 0.0909. The highest BCUT2D eigenvalue weighted by atomic mass is 31.1. The lowest BCUT2D eigenvalue weighted by atomic mass is 9.98. The molecule has 0 saturated carbocycles. The molecule has 178 valence electrons. The van der Waals surface area contributed by atoms with Crippen LogP contribution in [-0.4, -0.2) is 5.11 Å². The van der Waals surface area contributed by atoms with Gasteiger partial charge in [0.25, 0.3) is 0 Å². The minimum atomic E-state index is -1.16. The van der Waals surface area contributed by atoms with Gasteiger partial charge in [0.05, 0.1) is 0 Å². The van der Waals surface area contributed by atoms with Crippen molar-refractivity contribution in [3.8, 4) is 33.8 Å². The van der Waals surface area contributed by atoms with Crippen molar-refractivity contribution in [3.63, 3.8) is 0 Å². The predicted octanol–water partition coefficient (Wildman–Crippen LogP) is 8.08. The molecule has 1 N–H and O–H groups in total. The van der Waals surface area contributed by atoms with Crippen molar-refractivity contribution in [2.75, 3.05) is 0 Å². The maximum atomic E-state index is 11.1. The van der Waals surface area contributed by atoms with E-state index in [-0.39, 0.29) is 5.75 Å². The molecule has 0 saturated heterocycles. The van der Waals surface area contributed by atoms with Crippen molar-refractivity contribution in [3.05, 3.63) is 132 Å². The first-order valence-corrected chi connectivity index (χ1v) is 13.4. The topological polar surface area (TPSA) is 29.5 Å². The van der Waals surface area contributed by atoms with Gasteiger partial charge in [-0.1, -0.05) is 109 Å². The molecule has 5 rings (SSSR count). The summed E-state index contributed by atoms with van der Waals surface area (Å²) in [6, 6.07) is 38.8. The van der Waals surface area contributed by atoms with Gasteiger partial charge in [-0.25, -0.2) is 0 Å². The second-order valence-electron chi connectivity index (χ2n) is 9.07.